The van der Waals surface area contributed by atoms with Gasteiger partial charge in [-0.15, -0.1) is 0 Å². The van der Waals surface area contributed by atoms with E-state index in [1.165, 1.54) is 0 Å². The molecule has 0 spiro atoms. The van der Waals surface area contributed by atoms with Gasteiger partial charge in [0.15, 0.2) is 11.6 Å². The van der Waals surface area contributed by atoms with E-state index in [4.69, 9.17) is 18.9 Å². The number of Topliss-reactive ketones (excluding diaryl/α,β-unsaturated/α-hetero) is 2. The van der Waals surface area contributed by atoms with Crippen LogP contribution in [0.15, 0.2) is 11.1 Å². The van der Waals surface area contributed by atoms with Gasteiger partial charge in [-0.05, 0) is 144 Å². The molecule has 2 aromatic carbocycles. The summed E-state index contributed by atoms with van der Waals surface area (Å²) in [7, 11) is 0. The SMILES string of the molecule is CC1=C(C(C)(C)C)c2c(C)c(C)c(OC(=O)OCOC(=O)Oc3c(C)c(C)c4c(c3C)CC(=O)C(C)=C4C(C)(C)C)c(C)c2CC1=O. The molecule has 0 saturated heterocycles. The molecule has 0 aliphatic heterocycles. The highest BCUT2D eigenvalue weighted by Gasteiger charge is 2.36. The molecular weight excluding hydrogens is 596 g/mol. The second-order valence-corrected chi connectivity index (χ2v) is 14.9. The summed E-state index contributed by atoms with van der Waals surface area (Å²) < 4.78 is 21.4. The third-order valence-electron chi connectivity index (χ3n) is 9.73. The normalized spacial score (nSPS) is 15.0. The number of allylic oxidation sites excluding steroid dienone is 4. The number of carbonyl (C=O) groups is 4. The fraction of sp³-hybridized carbons (Fsp3) is 0.487. The molecule has 0 radical (unpaired) electrons. The lowest BCUT2D eigenvalue weighted by atomic mass is 9.70. The minimum atomic E-state index is -1.05. The van der Waals surface area contributed by atoms with Crippen LogP contribution in [0.5, 0.6) is 11.5 Å². The Morgan fingerprint density at radius 1 is 0.532 bits per heavy atom. The maximum Gasteiger partial charge on any atom is 0.516 e. The highest BCUT2D eigenvalue weighted by Crippen LogP contribution is 2.48. The summed E-state index contributed by atoms with van der Waals surface area (Å²) in [5.41, 5.74) is 11.5. The van der Waals surface area contributed by atoms with Gasteiger partial charge in [0.05, 0.1) is 0 Å². The molecule has 0 atom stereocenters. The Morgan fingerprint density at radius 2 is 0.851 bits per heavy atom. The zero-order valence-corrected chi connectivity index (χ0v) is 30.4. The number of rotatable bonds is 4. The Hall–Kier alpha value is -4.20. The Morgan fingerprint density at radius 3 is 1.15 bits per heavy atom. The van der Waals surface area contributed by atoms with Crippen LogP contribution < -0.4 is 9.47 Å². The van der Waals surface area contributed by atoms with Gasteiger partial charge in [-0.1, -0.05) is 41.5 Å². The van der Waals surface area contributed by atoms with Crippen molar-refractivity contribution >= 4 is 35.0 Å². The summed E-state index contributed by atoms with van der Waals surface area (Å²) in [6.45, 7) is 26.8. The van der Waals surface area contributed by atoms with Gasteiger partial charge < -0.3 is 18.9 Å². The maximum absolute atomic E-state index is 13.0. The van der Waals surface area contributed by atoms with Crippen LogP contribution in [0.1, 0.15) is 111 Å². The van der Waals surface area contributed by atoms with E-state index in [0.717, 1.165) is 66.8 Å². The molecule has 8 heteroatoms. The first-order chi connectivity index (χ1) is 21.6. The van der Waals surface area contributed by atoms with Gasteiger partial charge in [0.25, 0.3) is 0 Å². The van der Waals surface area contributed by atoms with Crippen LogP contribution in [0.2, 0.25) is 0 Å². The molecule has 47 heavy (non-hydrogen) atoms. The monoisotopic (exact) mass is 644 g/mol. The van der Waals surface area contributed by atoms with E-state index in [9.17, 15) is 19.2 Å². The summed E-state index contributed by atoms with van der Waals surface area (Å²) in [5, 5.41) is 0. The Kier molecular flexibility index (Phi) is 9.43. The third kappa shape index (κ3) is 6.39. The van der Waals surface area contributed by atoms with E-state index in [1.807, 2.05) is 55.4 Å². The molecule has 0 aromatic heterocycles. The topological polar surface area (TPSA) is 105 Å². The minimum absolute atomic E-state index is 0.0432. The molecule has 2 aliphatic rings. The van der Waals surface area contributed by atoms with Crippen molar-refractivity contribution in [1.29, 1.82) is 0 Å². The molecule has 8 nitrogen and oxygen atoms in total. The molecule has 0 heterocycles. The molecule has 252 valence electrons. The van der Waals surface area contributed by atoms with E-state index in [0.29, 0.717) is 22.6 Å². The largest absolute Gasteiger partial charge is 0.516 e. The van der Waals surface area contributed by atoms with E-state index in [2.05, 4.69) is 41.5 Å². The van der Waals surface area contributed by atoms with Gasteiger partial charge in [-0.25, -0.2) is 9.59 Å². The number of ketones is 2. The highest BCUT2D eigenvalue weighted by molar-refractivity contribution is 6.09. The summed E-state index contributed by atoms with van der Waals surface area (Å²) >= 11 is 0. The highest BCUT2D eigenvalue weighted by atomic mass is 16.8. The Bertz CT molecular complexity index is 1670. The zero-order valence-electron chi connectivity index (χ0n) is 30.4. The van der Waals surface area contributed by atoms with Gasteiger partial charge in [-0.3, -0.25) is 9.59 Å². The van der Waals surface area contributed by atoms with E-state index in [1.54, 1.807) is 0 Å². The van der Waals surface area contributed by atoms with Crippen LogP contribution in [0, 0.1) is 52.4 Å². The van der Waals surface area contributed by atoms with Crippen LogP contribution in [0.25, 0.3) is 11.1 Å². The van der Waals surface area contributed by atoms with Gasteiger partial charge in [0, 0.05) is 12.8 Å². The second kappa shape index (κ2) is 12.4. The second-order valence-electron chi connectivity index (χ2n) is 14.9. The zero-order chi connectivity index (χ0) is 35.5. The number of hydrogen-bond acceptors (Lipinski definition) is 8. The number of ether oxygens (including phenoxy) is 4. The van der Waals surface area contributed by atoms with Crippen LogP contribution in [0.3, 0.4) is 0 Å². The lowest BCUT2D eigenvalue weighted by molar-refractivity contribution is -0.115. The molecule has 2 aliphatic carbocycles. The first-order valence-electron chi connectivity index (χ1n) is 16.0. The average molecular weight is 645 g/mol. The van der Waals surface area contributed by atoms with Crippen molar-refractivity contribution in [2.75, 3.05) is 6.79 Å². The van der Waals surface area contributed by atoms with Crippen LogP contribution in [-0.2, 0) is 31.9 Å². The number of fused-ring (bicyclic) bond motifs is 2. The van der Waals surface area contributed by atoms with Crippen molar-refractivity contribution in [3.05, 3.63) is 66.8 Å². The predicted octanol–water partition coefficient (Wildman–Crippen LogP) is 9.12. The quantitative estimate of drug-likeness (QED) is 0.184. The summed E-state index contributed by atoms with van der Waals surface area (Å²) in [5.74, 6) is 0.723. The minimum Gasteiger partial charge on any atom is -0.396 e. The average Bonchev–Trinajstić information content (AvgIpc) is 2.95. The molecule has 0 bridgehead atoms. The van der Waals surface area contributed by atoms with Gasteiger partial charge in [0.2, 0.25) is 6.79 Å². The molecule has 0 N–H and O–H groups in total. The number of benzene rings is 2. The Labute approximate surface area is 278 Å². The molecular formula is C39H48O8. The summed E-state index contributed by atoms with van der Waals surface area (Å²) in [6, 6.07) is 0. The number of hydrogen-bond donors (Lipinski definition) is 0. The van der Waals surface area contributed by atoms with Crippen LogP contribution in [-0.4, -0.2) is 30.7 Å². The van der Waals surface area contributed by atoms with Crippen molar-refractivity contribution in [1.82, 2.24) is 0 Å². The molecule has 0 saturated carbocycles. The molecule has 0 amide bonds. The van der Waals surface area contributed by atoms with E-state index in [-0.39, 0.29) is 35.2 Å². The first kappa shape index (κ1) is 35.7. The van der Waals surface area contributed by atoms with Crippen molar-refractivity contribution in [3.63, 3.8) is 0 Å². The van der Waals surface area contributed by atoms with E-state index < -0.39 is 19.1 Å². The lowest BCUT2D eigenvalue weighted by Crippen LogP contribution is -2.25. The molecule has 0 fully saturated rings. The van der Waals surface area contributed by atoms with E-state index >= 15 is 0 Å². The lowest BCUT2D eigenvalue weighted by Gasteiger charge is -2.34. The fourth-order valence-corrected chi connectivity index (χ4v) is 7.27. The standard InChI is InChI=1S/C39H48O8/c1-18-20(3)34(22(5)26-15-28(40)24(7)32(30(18)26)38(9,10)11)46-36(42)44-17-45-37(43)47-35-21(4)19(2)31-27(23(35)6)16-29(41)25(8)33(31)39(12,13)14/h15-17H2,1-14H3. The van der Waals surface area contributed by atoms with Crippen molar-refractivity contribution in [2.24, 2.45) is 10.8 Å². The summed E-state index contributed by atoms with van der Waals surface area (Å²) in [4.78, 5) is 51.5. The molecule has 0 unspecified atom stereocenters. The van der Waals surface area contributed by atoms with Crippen molar-refractivity contribution in [3.8, 4) is 11.5 Å². The first-order valence-corrected chi connectivity index (χ1v) is 16.0. The third-order valence-corrected chi connectivity index (χ3v) is 9.73. The van der Waals surface area contributed by atoms with Crippen molar-refractivity contribution < 1.29 is 38.1 Å². The molecule has 4 rings (SSSR count). The molecule has 2 aromatic rings. The predicted molar refractivity (Wildman–Crippen MR) is 182 cm³/mol. The fourth-order valence-electron chi connectivity index (χ4n) is 7.27. The van der Waals surface area contributed by atoms with Crippen LogP contribution >= 0.6 is 0 Å². The van der Waals surface area contributed by atoms with Gasteiger partial charge in [0.1, 0.15) is 11.5 Å². The summed E-state index contributed by atoms with van der Waals surface area (Å²) in [6.07, 6.45) is -1.67. The van der Waals surface area contributed by atoms with Crippen LogP contribution in [0.4, 0.5) is 9.59 Å². The number of carbonyl (C=O) groups excluding carboxylic acids is 4. The Balaban J connectivity index is 1.50. The van der Waals surface area contributed by atoms with Crippen molar-refractivity contribution in [2.45, 2.75) is 110 Å². The maximum atomic E-state index is 13.0. The smallest absolute Gasteiger partial charge is 0.396 e. The van der Waals surface area contributed by atoms with Gasteiger partial charge in [-0.2, -0.15) is 0 Å². The van der Waals surface area contributed by atoms with Gasteiger partial charge >= 0.3 is 12.3 Å².